The summed E-state index contributed by atoms with van der Waals surface area (Å²) in [5.41, 5.74) is 7.95. The van der Waals surface area contributed by atoms with Gasteiger partial charge in [0.05, 0.1) is 5.54 Å². The Morgan fingerprint density at radius 3 is 2.17 bits per heavy atom. The Hall–Kier alpha value is -4.19. The van der Waals surface area contributed by atoms with Gasteiger partial charge in [0.2, 0.25) is 5.82 Å². The third-order valence-corrected chi connectivity index (χ3v) is 7.09. The Bertz CT molecular complexity index is 1530. The molecule has 0 atom stereocenters. The predicted molar refractivity (Wildman–Crippen MR) is 161 cm³/mol. The van der Waals surface area contributed by atoms with Gasteiger partial charge in [-0.3, -0.25) is 0 Å². The number of unbranched alkanes of at least 4 members (excludes halogenated alkanes) is 1. The lowest BCUT2D eigenvalue weighted by Crippen LogP contribution is -2.24. The van der Waals surface area contributed by atoms with Crippen molar-refractivity contribution < 1.29 is 0 Å². The molecule has 0 aliphatic carbocycles. The van der Waals surface area contributed by atoms with Crippen LogP contribution in [0.25, 0.3) is 22.5 Å². The molecule has 0 saturated carbocycles. The second-order valence-electron chi connectivity index (χ2n) is 11.3. The number of nitrogens with zero attached hydrogens (tertiary/aromatic N) is 6. The molecule has 6 heteroatoms. The number of aryl methyl sites for hydroxylation is 3. The molecule has 0 aliphatic rings. The molecule has 0 unspecified atom stereocenters. The summed E-state index contributed by atoms with van der Waals surface area (Å²) in [5.74, 6) is 1.57. The highest BCUT2D eigenvalue weighted by Gasteiger charge is 2.19. The molecule has 0 aliphatic heterocycles. The van der Waals surface area contributed by atoms with Crippen molar-refractivity contribution in [2.75, 3.05) is 0 Å². The first-order valence-corrected chi connectivity index (χ1v) is 14.3. The van der Waals surface area contributed by atoms with E-state index >= 15 is 0 Å². The Morgan fingerprint density at radius 1 is 0.750 bits per heavy atom. The van der Waals surface area contributed by atoms with Crippen LogP contribution in [-0.2, 0) is 31.2 Å². The van der Waals surface area contributed by atoms with Gasteiger partial charge in [-0.1, -0.05) is 92.2 Å². The SMILES string of the molecule is CCCCc1nc(CCc2ccccc2)ncc1Cc1ccc(-c2ccccc2-c2nnn(C(C)(C)C)n2)cc1. The highest BCUT2D eigenvalue weighted by atomic mass is 15.6. The van der Waals surface area contributed by atoms with E-state index in [-0.39, 0.29) is 5.54 Å². The summed E-state index contributed by atoms with van der Waals surface area (Å²) in [6.45, 7) is 8.44. The largest absolute Gasteiger partial charge is 0.241 e. The second kappa shape index (κ2) is 12.3. The molecule has 5 aromatic rings. The van der Waals surface area contributed by atoms with Crippen LogP contribution in [0.4, 0.5) is 0 Å². The molecule has 0 radical (unpaired) electrons. The van der Waals surface area contributed by atoms with Crippen molar-refractivity contribution in [3.8, 4) is 22.5 Å². The van der Waals surface area contributed by atoms with Gasteiger partial charge in [-0.2, -0.15) is 4.80 Å². The summed E-state index contributed by atoms with van der Waals surface area (Å²) in [5, 5.41) is 13.3. The second-order valence-corrected chi connectivity index (χ2v) is 11.3. The minimum Gasteiger partial charge on any atom is -0.241 e. The summed E-state index contributed by atoms with van der Waals surface area (Å²) in [7, 11) is 0. The molecule has 204 valence electrons. The van der Waals surface area contributed by atoms with Gasteiger partial charge in [0.1, 0.15) is 5.82 Å². The summed E-state index contributed by atoms with van der Waals surface area (Å²) in [4.78, 5) is 11.4. The average molecular weight is 531 g/mol. The molecule has 0 amide bonds. The lowest BCUT2D eigenvalue weighted by atomic mass is 9.96. The van der Waals surface area contributed by atoms with Crippen LogP contribution in [0, 0.1) is 0 Å². The number of rotatable bonds is 10. The van der Waals surface area contributed by atoms with Gasteiger partial charge in [0, 0.05) is 30.3 Å². The number of hydrogen-bond acceptors (Lipinski definition) is 5. The summed E-state index contributed by atoms with van der Waals surface area (Å²) in [6, 6.07) is 27.6. The zero-order valence-corrected chi connectivity index (χ0v) is 24.0. The lowest BCUT2D eigenvalue weighted by Gasteiger charge is -2.15. The van der Waals surface area contributed by atoms with Gasteiger partial charge in [0.25, 0.3) is 0 Å². The third-order valence-electron chi connectivity index (χ3n) is 7.09. The van der Waals surface area contributed by atoms with E-state index in [2.05, 4.69) is 116 Å². The Labute approximate surface area is 237 Å². The zero-order chi connectivity index (χ0) is 28.0. The first-order chi connectivity index (χ1) is 19.4. The monoisotopic (exact) mass is 530 g/mol. The van der Waals surface area contributed by atoms with Gasteiger partial charge in [-0.25, -0.2) is 9.97 Å². The van der Waals surface area contributed by atoms with E-state index in [1.165, 1.54) is 22.4 Å². The fraction of sp³-hybridized carbons (Fsp3) is 0.324. The molecule has 6 nitrogen and oxygen atoms in total. The summed E-state index contributed by atoms with van der Waals surface area (Å²) in [6.07, 6.45) is 7.95. The molecule has 2 aromatic heterocycles. The maximum Gasteiger partial charge on any atom is 0.205 e. The van der Waals surface area contributed by atoms with E-state index in [1.807, 2.05) is 12.3 Å². The molecule has 0 spiro atoms. The van der Waals surface area contributed by atoms with Gasteiger partial charge < -0.3 is 0 Å². The van der Waals surface area contributed by atoms with Crippen molar-refractivity contribution >= 4 is 0 Å². The molecule has 0 N–H and O–H groups in total. The molecule has 0 saturated heterocycles. The number of benzene rings is 3. The van der Waals surface area contributed by atoms with Crippen LogP contribution in [0.1, 0.15) is 68.7 Å². The van der Waals surface area contributed by atoms with Gasteiger partial charge in [-0.15, -0.1) is 10.2 Å². The highest BCUT2D eigenvalue weighted by molar-refractivity contribution is 5.80. The molecule has 5 rings (SSSR count). The Morgan fingerprint density at radius 2 is 1.48 bits per heavy atom. The van der Waals surface area contributed by atoms with Crippen molar-refractivity contribution in [2.45, 2.75) is 71.8 Å². The van der Waals surface area contributed by atoms with E-state index in [0.717, 1.165) is 61.0 Å². The molecular formula is C34H38N6. The first kappa shape index (κ1) is 27.4. The fourth-order valence-electron chi connectivity index (χ4n) is 4.77. The fourth-order valence-corrected chi connectivity index (χ4v) is 4.77. The van der Waals surface area contributed by atoms with Crippen LogP contribution in [0.3, 0.4) is 0 Å². The number of hydrogen-bond donors (Lipinski definition) is 0. The van der Waals surface area contributed by atoms with Crippen molar-refractivity contribution in [2.24, 2.45) is 0 Å². The van der Waals surface area contributed by atoms with Crippen LogP contribution in [0.15, 0.2) is 85.1 Å². The zero-order valence-electron chi connectivity index (χ0n) is 24.0. The summed E-state index contributed by atoms with van der Waals surface area (Å²) < 4.78 is 0. The molecule has 3 aromatic carbocycles. The molecule has 2 heterocycles. The topological polar surface area (TPSA) is 69.4 Å². The number of aromatic nitrogens is 6. The van der Waals surface area contributed by atoms with Crippen LogP contribution < -0.4 is 0 Å². The average Bonchev–Trinajstić information content (AvgIpc) is 3.48. The Kier molecular flexibility index (Phi) is 8.44. The van der Waals surface area contributed by atoms with Crippen molar-refractivity contribution in [1.29, 1.82) is 0 Å². The highest BCUT2D eigenvalue weighted by Crippen LogP contribution is 2.31. The minimum absolute atomic E-state index is 0.221. The minimum atomic E-state index is -0.221. The normalized spacial score (nSPS) is 11.6. The third kappa shape index (κ3) is 6.68. The maximum atomic E-state index is 5.02. The van der Waals surface area contributed by atoms with E-state index in [1.54, 1.807) is 4.80 Å². The quantitative estimate of drug-likeness (QED) is 0.190. The van der Waals surface area contributed by atoms with Gasteiger partial charge in [-0.05, 0) is 73.1 Å². The molecule has 40 heavy (non-hydrogen) atoms. The van der Waals surface area contributed by atoms with Crippen LogP contribution in [0.5, 0.6) is 0 Å². The lowest BCUT2D eigenvalue weighted by molar-refractivity contribution is 0.306. The van der Waals surface area contributed by atoms with Crippen LogP contribution in [0.2, 0.25) is 0 Å². The smallest absolute Gasteiger partial charge is 0.205 e. The van der Waals surface area contributed by atoms with Crippen molar-refractivity contribution in [3.63, 3.8) is 0 Å². The molecule has 0 bridgehead atoms. The molecular weight excluding hydrogens is 492 g/mol. The van der Waals surface area contributed by atoms with E-state index < -0.39 is 0 Å². The van der Waals surface area contributed by atoms with Gasteiger partial charge in [0.15, 0.2) is 0 Å². The van der Waals surface area contributed by atoms with E-state index in [0.29, 0.717) is 5.82 Å². The molecule has 0 fully saturated rings. The van der Waals surface area contributed by atoms with E-state index in [9.17, 15) is 0 Å². The predicted octanol–water partition coefficient (Wildman–Crippen LogP) is 7.27. The maximum absolute atomic E-state index is 5.02. The first-order valence-electron chi connectivity index (χ1n) is 14.3. The number of tetrazole rings is 1. The standard InChI is InChI=1S/C34H38N6/c1-5-6-16-31-28(24-35-32(36-31)22-19-25-12-8-7-9-13-25)23-26-17-20-27(21-18-26)29-14-10-11-15-30(29)33-37-39-40(38-33)34(2,3)4/h7-15,17-18,20-21,24H,5-6,16,19,22-23H2,1-4H3. The van der Waals surface area contributed by atoms with Crippen molar-refractivity contribution in [3.05, 3.63) is 113 Å². The van der Waals surface area contributed by atoms with Crippen LogP contribution >= 0.6 is 0 Å². The van der Waals surface area contributed by atoms with Crippen molar-refractivity contribution in [1.82, 2.24) is 30.2 Å². The van der Waals surface area contributed by atoms with Gasteiger partial charge >= 0.3 is 0 Å². The van der Waals surface area contributed by atoms with Crippen LogP contribution in [-0.4, -0.2) is 30.2 Å². The Balaban J connectivity index is 1.34. The summed E-state index contributed by atoms with van der Waals surface area (Å²) >= 11 is 0. The van der Waals surface area contributed by atoms with E-state index in [4.69, 9.17) is 9.97 Å².